The van der Waals surface area contributed by atoms with Gasteiger partial charge in [-0.25, -0.2) is 13.1 Å². The van der Waals surface area contributed by atoms with Crippen molar-refractivity contribution in [2.24, 2.45) is 0 Å². The second-order valence-electron chi connectivity index (χ2n) is 6.94. The second kappa shape index (κ2) is 8.07. The molecule has 0 atom stereocenters. The number of benzene rings is 2. The first-order valence-electron chi connectivity index (χ1n) is 9.31. The van der Waals surface area contributed by atoms with Gasteiger partial charge in [0.2, 0.25) is 10.0 Å². The van der Waals surface area contributed by atoms with Crippen molar-refractivity contribution in [3.63, 3.8) is 0 Å². The Balaban J connectivity index is 1.57. The maximum atomic E-state index is 12.9. The molecule has 0 saturated heterocycles. The zero-order chi connectivity index (χ0) is 19.6. The molecule has 1 N–H and O–H groups in total. The lowest BCUT2D eigenvalue weighted by atomic mass is 10.0. The lowest BCUT2D eigenvalue weighted by Gasteiger charge is -2.14. The van der Waals surface area contributed by atoms with Gasteiger partial charge in [0, 0.05) is 28.7 Å². The minimum absolute atomic E-state index is 0.360. The number of nitrogens with one attached hydrogen (secondary N) is 1. The number of hydrogen-bond acceptors (Lipinski definition) is 4. The molecule has 0 bridgehead atoms. The number of pyridine rings is 1. The summed E-state index contributed by atoms with van der Waals surface area (Å²) in [6.45, 7) is 2.24. The predicted molar refractivity (Wildman–Crippen MR) is 112 cm³/mol. The molecule has 1 aromatic heterocycles. The molecule has 1 aliphatic heterocycles. The fraction of sp³-hybridized carbons (Fsp3) is 0.227. The van der Waals surface area contributed by atoms with Gasteiger partial charge in [-0.05, 0) is 72.7 Å². The minimum atomic E-state index is -3.56. The van der Waals surface area contributed by atoms with Crippen LogP contribution in [0, 0.1) is 6.92 Å². The molecule has 0 unspecified atom stereocenters. The van der Waals surface area contributed by atoms with E-state index >= 15 is 0 Å². The first-order valence-corrected chi connectivity index (χ1v) is 11.6. The van der Waals surface area contributed by atoms with Crippen molar-refractivity contribution < 1.29 is 8.42 Å². The number of aromatic nitrogens is 1. The Morgan fingerprint density at radius 2 is 1.75 bits per heavy atom. The summed E-state index contributed by atoms with van der Waals surface area (Å²) in [7, 11) is -3.56. The van der Waals surface area contributed by atoms with Crippen LogP contribution in [0.25, 0.3) is 0 Å². The average Bonchev–Trinajstić information content (AvgIpc) is 2.87. The molecule has 0 amide bonds. The number of nitrogens with zero attached hydrogens (tertiary/aromatic N) is 1. The average molecular weight is 411 g/mol. The van der Waals surface area contributed by atoms with Crippen LogP contribution in [0.15, 0.2) is 75.6 Å². The molecule has 0 radical (unpaired) electrons. The molecule has 0 spiro atoms. The molecule has 2 heterocycles. The fourth-order valence-corrected chi connectivity index (χ4v) is 5.97. The molecule has 6 heteroatoms. The molecular weight excluding hydrogens is 388 g/mol. The Morgan fingerprint density at radius 1 is 1.00 bits per heavy atom. The van der Waals surface area contributed by atoms with E-state index in [1.54, 1.807) is 24.2 Å². The van der Waals surface area contributed by atoms with E-state index in [0.29, 0.717) is 17.9 Å². The summed E-state index contributed by atoms with van der Waals surface area (Å²) in [6.07, 6.45) is 5.97. The molecule has 28 heavy (non-hydrogen) atoms. The van der Waals surface area contributed by atoms with Gasteiger partial charge in [0.1, 0.15) is 0 Å². The van der Waals surface area contributed by atoms with Gasteiger partial charge in [-0.2, -0.15) is 0 Å². The molecule has 1 aliphatic rings. The largest absolute Gasteiger partial charge is 0.265 e. The lowest BCUT2D eigenvalue weighted by Crippen LogP contribution is -2.26. The Morgan fingerprint density at radius 3 is 2.57 bits per heavy atom. The summed E-state index contributed by atoms with van der Waals surface area (Å²) in [6, 6.07) is 16.0. The SMILES string of the molecule is Cc1cc2c(cc1S(=O)(=O)NCCc1ccncc1)Sc1ccccc1CC2. The van der Waals surface area contributed by atoms with E-state index < -0.39 is 10.0 Å². The van der Waals surface area contributed by atoms with Gasteiger partial charge >= 0.3 is 0 Å². The Hall–Kier alpha value is -2.15. The summed E-state index contributed by atoms with van der Waals surface area (Å²) in [5.74, 6) is 0. The van der Waals surface area contributed by atoms with E-state index in [1.165, 1.54) is 16.0 Å². The number of rotatable bonds is 5. The molecule has 4 rings (SSSR count). The van der Waals surface area contributed by atoms with Crippen molar-refractivity contribution in [3.05, 3.63) is 83.2 Å². The summed E-state index contributed by atoms with van der Waals surface area (Å²) in [5, 5.41) is 0. The quantitative estimate of drug-likeness (QED) is 0.686. The normalized spacial score (nSPS) is 13.5. The third kappa shape index (κ3) is 4.14. The van der Waals surface area contributed by atoms with Crippen molar-refractivity contribution >= 4 is 21.8 Å². The van der Waals surface area contributed by atoms with E-state index in [2.05, 4.69) is 27.9 Å². The molecular formula is C22H22N2O2S2. The van der Waals surface area contributed by atoms with E-state index in [9.17, 15) is 8.42 Å². The summed E-state index contributed by atoms with van der Waals surface area (Å²) >= 11 is 1.66. The van der Waals surface area contributed by atoms with E-state index in [1.807, 2.05) is 37.3 Å². The number of aryl methyl sites for hydroxylation is 3. The van der Waals surface area contributed by atoms with Crippen LogP contribution in [-0.2, 0) is 29.3 Å². The molecule has 0 fully saturated rings. The van der Waals surface area contributed by atoms with Crippen LogP contribution in [-0.4, -0.2) is 19.9 Å². The van der Waals surface area contributed by atoms with Gasteiger partial charge in [0.25, 0.3) is 0 Å². The van der Waals surface area contributed by atoms with Crippen LogP contribution in [0.3, 0.4) is 0 Å². The second-order valence-corrected chi connectivity index (χ2v) is 9.76. The smallest absolute Gasteiger partial charge is 0.240 e. The molecule has 3 aromatic rings. The highest BCUT2D eigenvalue weighted by atomic mass is 32.2. The molecule has 4 nitrogen and oxygen atoms in total. The van der Waals surface area contributed by atoms with Gasteiger partial charge in [-0.3, -0.25) is 4.98 Å². The van der Waals surface area contributed by atoms with Crippen molar-refractivity contribution in [3.8, 4) is 0 Å². The van der Waals surface area contributed by atoms with Gasteiger partial charge in [0.05, 0.1) is 4.90 Å². The third-order valence-electron chi connectivity index (χ3n) is 4.96. The van der Waals surface area contributed by atoms with E-state index in [-0.39, 0.29) is 0 Å². The summed E-state index contributed by atoms with van der Waals surface area (Å²) in [5.41, 5.74) is 4.39. The maximum absolute atomic E-state index is 12.9. The van der Waals surface area contributed by atoms with Gasteiger partial charge in [-0.15, -0.1) is 0 Å². The molecule has 2 aromatic carbocycles. The predicted octanol–water partition coefficient (Wildman–Crippen LogP) is 4.16. The van der Waals surface area contributed by atoms with E-state index in [0.717, 1.165) is 28.9 Å². The Kier molecular flexibility index (Phi) is 5.53. The van der Waals surface area contributed by atoms with E-state index in [4.69, 9.17) is 0 Å². The Labute approximate surface area is 170 Å². The molecule has 0 aliphatic carbocycles. The highest BCUT2D eigenvalue weighted by Gasteiger charge is 2.21. The lowest BCUT2D eigenvalue weighted by molar-refractivity contribution is 0.580. The van der Waals surface area contributed by atoms with Crippen LogP contribution in [0.5, 0.6) is 0 Å². The van der Waals surface area contributed by atoms with Gasteiger partial charge < -0.3 is 0 Å². The van der Waals surface area contributed by atoms with Crippen LogP contribution < -0.4 is 4.72 Å². The number of hydrogen-bond donors (Lipinski definition) is 1. The number of fused-ring (bicyclic) bond motifs is 2. The summed E-state index contributed by atoms with van der Waals surface area (Å²) in [4.78, 5) is 6.59. The van der Waals surface area contributed by atoms with Crippen molar-refractivity contribution in [2.75, 3.05) is 6.54 Å². The van der Waals surface area contributed by atoms with Gasteiger partial charge in [0.15, 0.2) is 0 Å². The summed E-state index contributed by atoms with van der Waals surface area (Å²) < 4.78 is 28.6. The highest BCUT2D eigenvalue weighted by molar-refractivity contribution is 7.99. The van der Waals surface area contributed by atoms with Crippen LogP contribution in [0.2, 0.25) is 0 Å². The highest BCUT2D eigenvalue weighted by Crippen LogP contribution is 2.39. The van der Waals surface area contributed by atoms with Crippen molar-refractivity contribution in [2.45, 2.75) is 40.9 Å². The number of sulfonamides is 1. The van der Waals surface area contributed by atoms with Crippen molar-refractivity contribution in [1.29, 1.82) is 0 Å². The first-order chi connectivity index (χ1) is 13.5. The maximum Gasteiger partial charge on any atom is 0.240 e. The monoisotopic (exact) mass is 410 g/mol. The zero-order valence-electron chi connectivity index (χ0n) is 15.7. The van der Waals surface area contributed by atoms with Crippen molar-refractivity contribution in [1.82, 2.24) is 9.71 Å². The molecule has 144 valence electrons. The molecule has 0 saturated carbocycles. The van der Waals surface area contributed by atoms with Crippen LogP contribution in [0.1, 0.15) is 22.3 Å². The zero-order valence-corrected chi connectivity index (χ0v) is 17.3. The third-order valence-corrected chi connectivity index (χ3v) is 7.78. The Bertz CT molecular complexity index is 1100. The first kappa shape index (κ1) is 19.2. The fourth-order valence-electron chi connectivity index (χ4n) is 3.46. The standard InChI is InChI=1S/C22H22N2O2S2/c1-16-14-19-7-6-18-4-2-3-5-20(18)27-21(19)15-22(16)28(25,26)24-13-10-17-8-11-23-12-9-17/h2-5,8-9,11-12,14-15,24H,6-7,10,13H2,1H3. The van der Waals surface area contributed by atoms with Crippen LogP contribution in [0.4, 0.5) is 0 Å². The van der Waals surface area contributed by atoms with Gasteiger partial charge in [-0.1, -0.05) is 36.0 Å². The minimum Gasteiger partial charge on any atom is -0.265 e. The van der Waals surface area contributed by atoms with Crippen LogP contribution >= 0.6 is 11.8 Å². The topological polar surface area (TPSA) is 59.1 Å².